The zero-order chi connectivity index (χ0) is 14.4. The monoisotopic (exact) mass is 290 g/mol. The van der Waals surface area contributed by atoms with E-state index in [2.05, 4.69) is 0 Å². The van der Waals surface area contributed by atoms with Crippen LogP contribution in [0.25, 0.3) is 0 Å². The van der Waals surface area contributed by atoms with Crippen molar-refractivity contribution in [3.05, 3.63) is 52.2 Å². The van der Waals surface area contributed by atoms with Crippen molar-refractivity contribution in [3.63, 3.8) is 0 Å². The molecular formula is C16H18O3S. The number of ether oxygens (including phenoxy) is 2. The number of methoxy groups -OCH3 is 1. The summed E-state index contributed by atoms with van der Waals surface area (Å²) in [5.74, 6) is 0.304. The van der Waals surface area contributed by atoms with Gasteiger partial charge in [-0.15, -0.1) is 11.3 Å². The van der Waals surface area contributed by atoms with E-state index < -0.39 is 0 Å². The van der Waals surface area contributed by atoms with Crippen LogP contribution in [0, 0.1) is 12.8 Å². The number of esters is 1. The van der Waals surface area contributed by atoms with Crippen LogP contribution in [0.3, 0.4) is 0 Å². The van der Waals surface area contributed by atoms with Gasteiger partial charge in [-0.3, -0.25) is 4.79 Å². The maximum absolute atomic E-state index is 11.8. The lowest BCUT2D eigenvalue weighted by atomic mass is 10.1. The second-order valence-electron chi connectivity index (χ2n) is 4.58. The first-order valence-electron chi connectivity index (χ1n) is 6.49. The summed E-state index contributed by atoms with van der Waals surface area (Å²) in [5, 5.41) is 2.01. The average molecular weight is 290 g/mol. The molecule has 0 fully saturated rings. The summed E-state index contributed by atoms with van der Waals surface area (Å²) in [5.41, 5.74) is 1.06. The number of carbonyl (C=O) groups excluding carboxylic acids is 1. The third-order valence-electron chi connectivity index (χ3n) is 3.10. The van der Waals surface area contributed by atoms with E-state index in [-0.39, 0.29) is 11.9 Å². The van der Waals surface area contributed by atoms with Crippen LogP contribution in [-0.2, 0) is 16.0 Å². The van der Waals surface area contributed by atoms with Gasteiger partial charge in [0.1, 0.15) is 12.4 Å². The standard InChI is InChI=1S/C16H18O3S/c1-12-6-3-4-8-15(12)19-11-13(16(17)18-2)10-14-7-5-9-20-14/h3-9,13H,10-11H2,1-2H3. The van der Waals surface area contributed by atoms with Crippen LogP contribution < -0.4 is 4.74 Å². The van der Waals surface area contributed by atoms with Gasteiger partial charge in [0.05, 0.1) is 13.0 Å². The van der Waals surface area contributed by atoms with Crippen LogP contribution in [0.5, 0.6) is 5.75 Å². The Balaban J connectivity index is 2.01. The SMILES string of the molecule is COC(=O)C(COc1ccccc1C)Cc1cccs1. The summed E-state index contributed by atoms with van der Waals surface area (Å²) in [4.78, 5) is 13.0. The van der Waals surface area contributed by atoms with E-state index in [0.29, 0.717) is 13.0 Å². The summed E-state index contributed by atoms with van der Waals surface area (Å²) < 4.78 is 10.6. The van der Waals surface area contributed by atoms with Crippen LogP contribution in [0.2, 0.25) is 0 Å². The van der Waals surface area contributed by atoms with E-state index in [1.807, 2.05) is 48.7 Å². The van der Waals surface area contributed by atoms with Gasteiger partial charge in [-0.25, -0.2) is 0 Å². The normalized spacial score (nSPS) is 11.9. The Labute approximate surface area is 123 Å². The predicted octanol–water partition coefficient (Wildman–Crippen LogP) is 3.47. The highest BCUT2D eigenvalue weighted by Gasteiger charge is 2.21. The fraction of sp³-hybridized carbons (Fsp3) is 0.312. The highest BCUT2D eigenvalue weighted by atomic mass is 32.1. The van der Waals surface area contributed by atoms with E-state index in [4.69, 9.17) is 9.47 Å². The molecule has 1 aromatic heterocycles. The lowest BCUT2D eigenvalue weighted by Gasteiger charge is -2.16. The molecule has 0 saturated heterocycles. The van der Waals surface area contributed by atoms with Crippen molar-refractivity contribution in [2.75, 3.05) is 13.7 Å². The Bertz CT molecular complexity index is 549. The third kappa shape index (κ3) is 3.84. The average Bonchev–Trinajstić information content (AvgIpc) is 2.97. The lowest BCUT2D eigenvalue weighted by molar-refractivity contribution is -0.146. The molecule has 2 aromatic rings. The Hall–Kier alpha value is -1.81. The molecule has 0 radical (unpaired) electrons. The number of hydrogen-bond acceptors (Lipinski definition) is 4. The highest BCUT2D eigenvalue weighted by molar-refractivity contribution is 7.09. The van der Waals surface area contributed by atoms with Crippen LogP contribution in [0.15, 0.2) is 41.8 Å². The van der Waals surface area contributed by atoms with E-state index >= 15 is 0 Å². The molecule has 20 heavy (non-hydrogen) atoms. The quantitative estimate of drug-likeness (QED) is 0.764. The van der Waals surface area contributed by atoms with E-state index in [0.717, 1.165) is 16.2 Å². The molecule has 0 spiro atoms. The summed E-state index contributed by atoms with van der Waals surface area (Å²) >= 11 is 1.64. The second kappa shape index (κ2) is 7.10. The highest BCUT2D eigenvalue weighted by Crippen LogP contribution is 2.20. The molecule has 2 rings (SSSR count). The summed E-state index contributed by atoms with van der Waals surface area (Å²) in [6, 6.07) is 11.8. The van der Waals surface area contributed by atoms with Crippen molar-refractivity contribution < 1.29 is 14.3 Å². The van der Waals surface area contributed by atoms with Crippen molar-refractivity contribution in [1.29, 1.82) is 0 Å². The van der Waals surface area contributed by atoms with Crippen LogP contribution in [0.4, 0.5) is 0 Å². The third-order valence-corrected chi connectivity index (χ3v) is 3.99. The molecule has 1 heterocycles. The molecule has 0 aliphatic carbocycles. The molecular weight excluding hydrogens is 272 g/mol. The smallest absolute Gasteiger partial charge is 0.312 e. The topological polar surface area (TPSA) is 35.5 Å². The minimum atomic E-state index is -0.279. The summed E-state index contributed by atoms with van der Waals surface area (Å²) in [6.07, 6.45) is 0.649. The maximum atomic E-state index is 11.8. The van der Waals surface area contributed by atoms with Gasteiger partial charge in [0, 0.05) is 4.88 Å². The van der Waals surface area contributed by atoms with Gasteiger partial charge < -0.3 is 9.47 Å². The van der Waals surface area contributed by atoms with Gasteiger partial charge in [0.15, 0.2) is 0 Å². The van der Waals surface area contributed by atoms with Crippen molar-refractivity contribution in [3.8, 4) is 5.75 Å². The van der Waals surface area contributed by atoms with Crippen LogP contribution >= 0.6 is 11.3 Å². The molecule has 0 aliphatic rings. The number of hydrogen-bond donors (Lipinski definition) is 0. The van der Waals surface area contributed by atoms with E-state index in [1.165, 1.54) is 7.11 Å². The van der Waals surface area contributed by atoms with Gasteiger partial charge in [-0.05, 0) is 36.4 Å². The largest absolute Gasteiger partial charge is 0.492 e. The number of carbonyl (C=O) groups is 1. The van der Waals surface area contributed by atoms with Gasteiger partial charge in [0.25, 0.3) is 0 Å². The van der Waals surface area contributed by atoms with E-state index in [9.17, 15) is 4.79 Å². The van der Waals surface area contributed by atoms with Gasteiger partial charge in [-0.1, -0.05) is 24.3 Å². The molecule has 0 amide bonds. The van der Waals surface area contributed by atoms with Crippen molar-refractivity contribution in [2.24, 2.45) is 5.92 Å². The van der Waals surface area contributed by atoms with E-state index in [1.54, 1.807) is 11.3 Å². The minimum absolute atomic E-state index is 0.230. The van der Waals surface area contributed by atoms with Gasteiger partial charge in [0.2, 0.25) is 0 Å². The summed E-state index contributed by atoms with van der Waals surface area (Å²) in [7, 11) is 1.41. The lowest BCUT2D eigenvalue weighted by Crippen LogP contribution is -2.25. The first-order chi connectivity index (χ1) is 9.70. The molecule has 0 N–H and O–H groups in total. The Kier molecular flexibility index (Phi) is 5.18. The molecule has 106 valence electrons. The number of rotatable bonds is 6. The fourth-order valence-corrected chi connectivity index (χ4v) is 2.74. The summed E-state index contributed by atoms with van der Waals surface area (Å²) in [6.45, 7) is 2.32. The Morgan fingerprint density at radius 1 is 1.25 bits per heavy atom. The molecule has 0 saturated carbocycles. The number of aryl methyl sites for hydroxylation is 1. The molecule has 3 nitrogen and oxygen atoms in total. The molecule has 1 atom stereocenters. The zero-order valence-electron chi connectivity index (χ0n) is 11.7. The fourth-order valence-electron chi connectivity index (χ4n) is 1.96. The first kappa shape index (κ1) is 14.6. The predicted molar refractivity (Wildman–Crippen MR) is 80.2 cm³/mol. The molecule has 1 unspecified atom stereocenters. The van der Waals surface area contributed by atoms with Crippen molar-refractivity contribution >= 4 is 17.3 Å². The number of thiophene rings is 1. The minimum Gasteiger partial charge on any atom is -0.492 e. The number of para-hydroxylation sites is 1. The number of benzene rings is 1. The van der Waals surface area contributed by atoms with Crippen LogP contribution in [-0.4, -0.2) is 19.7 Å². The van der Waals surface area contributed by atoms with Crippen molar-refractivity contribution in [2.45, 2.75) is 13.3 Å². The molecule has 0 bridgehead atoms. The molecule has 0 aliphatic heterocycles. The Morgan fingerprint density at radius 3 is 2.70 bits per heavy atom. The first-order valence-corrected chi connectivity index (χ1v) is 7.37. The molecule has 1 aromatic carbocycles. The Morgan fingerprint density at radius 2 is 2.05 bits per heavy atom. The second-order valence-corrected chi connectivity index (χ2v) is 5.61. The van der Waals surface area contributed by atoms with Gasteiger partial charge >= 0.3 is 5.97 Å². The van der Waals surface area contributed by atoms with Gasteiger partial charge in [-0.2, -0.15) is 0 Å². The van der Waals surface area contributed by atoms with Crippen molar-refractivity contribution in [1.82, 2.24) is 0 Å². The zero-order valence-corrected chi connectivity index (χ0v) is 12.5. The molecule has 4 heteroatoms. The maximum Gasteiger partial charge on any atom is 0.312 e. The van der Waals surface area contributed by atoms with Crippen LogP contribution in [0.1, 0.15) is 10.4 Å².